The van der Waals surface area contributed by atoms with Crippen LogP contribution in [0.1, 0.15) is 17.3 Å². The van der Waals surface area contributed by atoms with Crippen molar-refractivity contribution in [3.63, 3.8) is 0 Å². The molecule has 0 aromatic heterocycles. The molecule has 4 N–H and O–H groups in total. The Kier molecular flexibility index (Phi) is 4.68. The van der Waals surface area contributed by atoms with Gasteiger partial charge < -0.3 is 21.1 Å². The number of hydrogen-bond acceptors (Lipinski definition) is 4. The van der Waals surface area contributed by atoms with E-state index in [1.165, 1.54) is 18.0 Å². The van der Waals surface area contributed by atoms with Crippen molar-refractivity contribution in [2.75, 3.05) is 30.8 Å². The quantitative estimate of drug-likeness (QED) is 0.683. The van der Waals surface area contributed by atoms with Crippen LogP contribution in [0.25, 0.3) is 0 Å². The van der Waals surface area contributed by atoms with E-state index in [4.69, 9.17) is 10.8 Å². The lowest BCUT2D eigenvalue weighted by Gasteiger charge is -2.21. The molecule has 0 radical (unpaired) electrons. The van der Waals surface area contributed by atoms with E-state index in [1.807, 2.05) is 0 Å². The number of carbonyl (C=O) groups excluding carboxylic acids is 1. The third-order valence-corrected chi connectivity index (χ3v) is 2.55. The average Bonchev–Trinajstić information content (AvgIpc) is 2.31. The van der Waals surface area contributed by atoms with Crippen LogP contribution in [0.2, 0.25) is 0 Å². The number of benzene rings is 1. The van der Waals surface area contributed by atoms with Gasteiger partial charge >= 0.3 is 5.97 Å². The maximum absolute atomic E-state index is 13.3. The first-order chi connectivity index (χ1) is 8.88. The summed E-state index contributed by atoms with van der Waals surface area (Å²) in [6, 6.07) is 2.36. The Hall–Kier alpha value is -2.31. The van der Waals surface area contributed by atoms with E-state index >= 15 is 0 Å². The number of anilines is 2. The summed E-state index contributed by atoms with van der Waals surface area (Å²) < 4.78 is 13.3. The minimum Gasteiger partial charge on any atom is -0.478 e. The molecular weight excluding hydrogens is 253 g/mol. The summed E-state index contributed by atoms with van der Waals surface area (Å²) in [6.45, 7) is 2.21. The monoisotopic (exact) mass is 269 g/mol. The molecule has 1 rings (SSSR count). The molecule has 1 amide bonds. The topological polar surface area (TPSA) is 95.7 Å². The smallest absolute Gasteiger partial charge is 0.340 e. The Bertz CT molecular complexity index is 505. The van der Waals surface area contributed by atoms with Crippen molar-refractivity contribution in [3.05, 3.63) is 23.5 Å². The van der Waals surface area contributed by atoms with Crippen LogP contribution >= 0.6 is 0 Å². The Balaban J connectivity index is 3.09. The second kappa shape index (κ2) is 6.03. The van der Waals surface area contributed by atoms with Crippen LogP contribution < -0.4 is 16.0 Å². The summed E-state index contributed by atoms with van der Waals surface area (Å²) in [6.07, 6.45) is 0. The van der Waals surface area contributed by atoms with E-state index in [0.29, 0.717) is 6.54 Å². The Labute approximate surface area is 110 Å². The first kappa shape index (κ1) is 14.7. The molecule has 0 aliphatic rings. The number of nitrogens with two attached hydrogens (primary N) is 1. The van der Waals surface area contributed by atoms with Crippen molar-refractivity contribution in [2.24, 2.45) is 0 Å². The Morgan fingerprint density at radius 1 is 1.47 bits per heavy atom. The highest BCUT2D eigenvalue weighted by atomic mass is 19.1. The SMILES string of the molecule is CCNC(=O)CN(C)c1ccc(F)c(N)c1C(=O)O. The molecule has 0 heterocycles. The van der Waals surface area contributed by atoms with Crippen LogP contribution in [0.3, 0.4) is 0 Å². The van der Waals surface area contributed by atoms with Crippen molar-refractivity contribution in [1.82, 2.24) is 5.32 Å². The summed E-state index contributed by atoms with van der Waals surface area (Å²) in [5.41, 5.74) is 4.84. The van der Waals surface area contributed by atoms with Gasteiger partial charge in [-0.2, -0.15) is 0 Å². The van der Waals surface area contributed by atoms with E-state index in [9.17, 15) is 14.0 Å². The fourth-order valence-corrected chi connectivity index (χ4v) is 1.68. The van der Waals surface area contributed by atoms with E-state index in [0.717, 1.165) is 6.07 Å². The van der Waals surface area contributed by atoms with Gasteiger partial charge in [-0.1, -0.05) is 0 Å². The number of hydrogen-bond donors (Lipinski definition) is 3. The summed E-state index contributed by atoms with van der Waals surface area (Å²) >= 11 is 0. The minimum absolute atomic E-state index is 0.0425. The van der Waals surface area contributed by atoms with Gasteiger partial charge in [0.2, 0.25) is 5.91 Å². The van der Waals surface area contributed by atoms with Crippen LogP contribution in [0, 0.1) is 5.82 Å². The van der Waals surface area contributed by atoms with Crippen LogP contribution in [0.5, 0.6) is 0 Å². The molecular formula is C12H16FN3O3. The van der Waals surface area contributed by atoms with Crippen LogP contribution in [-0.4, -0.2) is 37.1 Å². The van der Waals surface area contributed by atoms with Gasteiger partial charge in [0.25, 0.3) is 0 Å². The van der Waals surface area contributed by atoms with Gasteiger partial charge in [0.15, 0.2) is 0 Å². The van der Waals surface area contributed by atoms with Crippen molar-refractivity contribution in [3.8, 4) is 0 Å². The van der Waals surface area contributed by atoms with E-state index in [-0.39, 0.29) is 23.7 Å². The zero-order valence-corrected chi connectivity index (χ0v) is 10.7. The van der Waals surface area contributed by atoms with Gasteiger partial charge in [0.1, 0.15) is 11.4 Å². The average molecular weight is 269 g/mol. The molecule has 0 atom stereocenters. The second-order valence-corrected chi connectivity index (χ2v) is 3.97. The number of nitrogen functional groups attached to an aromatic ring is 1. The number of nitrogens with zero attached hydrogens (tertiary/aromatic N) is 1. The van der Waals surface area contributed by atoms with Crippen molar-refractivity contribution >= 4 is 23.3 Å². The third-order valence-electron chi connectivity index (χ3n) is 2.55. The van der Waals surface area contributed by atoms with Crippen LogP contribution in [0.4, 0.5) is 15.8 Å². The first-order valence-corrected chi connectivity index (χ1v) is 5.67. The number of rotatable bonds is 5. The molecule has 0 saturated carbocycles. The molecule has 104 valence electrons. The lowest BCUT2D eigenvalue weighted by molar-refractivity contribution is -0.119. The van der Waals surface area contributed by atoms with Gasteiger partial charge in [-0.05, 0) is 19.1 Å². The molecule has 0 fully saturated rings. The van der Waals surface area contributed by atoms with Crippen LogP contribution in [-0.2, 0) is 4.79 Å². The molecule has 0 unspecified atom stereocenters. The van der Waals surface area contributed by atoms with Gasteiger partial charge in [-0.3, -0.25) is 4.79 Å². The van der Waals surface area contributed by atoms with Gasteiger partial charge in [-0.25, -0.2) is 9.18 Å². The molecule has 0 aliphatic carbocycles. The number of carbonyl (C=O) groups is 2. The number of halogens is 1. The van der Waals surface area contributed by atoms with Crippen molar-refractivity contribution in [1.29, 1.82) is 0 Å². The molecule has 1 aromatic carbocycles. The highest BCUT2D eigenvalue weighted by Gasteiger charge is 2.20. The van der Waals surface area contributed by atoms with E-state index < -0.39 is 17.5 Å². The first-order valence-electron chi connectivity index (χ1n) is 5.67. The molecule has 19 heavy (non-hydrogen) atoms. The second-order valence-electron chi connectivity index (χ2n) is 3.97. The van der Waals surface area contributed by atoms with Crippen LogP contribution in [0.15, 0.2) is 12.1 Å². The minimum atomic E-state index is -1.34. The van der Waals surface area contributed by atoms with Gasteiger partial charge in [-0.15, -0.1) is 0 Å². The number of amides is 1. The highest BCUT2D eigenvalue weighted by Crippen LogP contribution is 2.27. The normalized spacial score (nSPS) is 10.1. The lowest BCUT2D eigenvalue weighted by Crippen LogP contribution is -2.35. The summed E-state index contributed by atoms with van der Waals surface area (Å²) in [7, 11) is 1.54. The Morgan fingerprint density at radius 3 is 2.63 bits per heavy atom. The number of likely N-dealkylation sites (N-methyl/N-ethyl adjacent to an activating group) is 2. The number of carboxylic acid groups (broad SMARTS) is 1. The van der Waals surface area contributed by atoms with Crippen molar-refractivity contribution < 1.29 is 19.1 Å². The third kappa shape index (κ3) is 3.34. The standard InChI is InChI=1S/C12H16FN3O3/c1-3-15-9(17)6-16(2)8-5-4-7(13)11(14)10(8)12(18)19/h4-5H,3,6,14H2,1-2H3,(H,15,17)(H,18,19). The Morgan fingerprint density at radius 2 is 2.11 bits per heavy atom. The van der Waals surface area contributed by atoms with E-state index in [1.54, 1.807) is 6.92 Å². The molecule has 0 saturated heterocycles. The van der Waals surface area contributed by atoms with Gasteiger partial charge in [0.05, 0.1) is 17.9 Å². The molecule has 0 spiro atoms. The maximum atomic E-state index is 13.3. The number of carboxylic acids is 1. The fraction of sp³-hybridized carbons (Fsp3) is 0.333. The predicted octanol–water partition coefficient (Wildman–Crippen LogP) is 0.678. The predicted molar refractivity (Wildman–Crippen MR) is 69.7 cm³/mol. The molecule has 1 aromatic rings. The largest absolute Gasteiger partial charge is 0.478 e. The van der Waals surface area contributed by atoms with Crippen molar-refractivity contribution in [2.45, 2.75) is 6.92 Å². The summed E-state index contributed by atoms with van der Waals surface area (Å²) in [5, 5.41) is 11.7. The zero-order valence-electron chi connectivity index (χ0n) is 10.7. The van der Waals surface area contributed by atoms with Gasteiger partial charge in [0, 0.05) is 13.6 Å². The molecule has 7 heteroatoms. The van der Waals surface area contributed by atoms with E-state index in [2.05, 4.69) is 5.32 Å². The lowest BCUT2D eigenvalue weighted by atomic mass is 10.1. The summed E-state index contributed by atoms with van der Waals surface area (Å²) in [4.78, 5) is 24.0. The zero-order chi connectivity index (χ0) is 14.6. The maximum Gasteiger partial charge on any atom is 0.340 e. The summed E-state index contributed by atoms with van der Waals surface area (Å²) in [5.74, 6) is -2.40. The number of aromatic carboxylic acids is 1. The molecule has 6 nitrogen and oxygen atoms in total. The fourth-order valence-electron chi connectivity index (χ4n) is 1.68. The molecule has 0 aliphatic heterocycles. The molecule has 0 bridgehead atoms. The number of nitrogens with one attached hydrogen (secondary N) is 1. The highest BCUT2D eigenvalue weighted by molar-refractivity contribution is 6.00.